The summed E-state index contributed by atoms with van der Waals surface area (Å²) in [5.41, 5.74) is -1.57. The van der Waals surface area contributed by atoms with Gasteiger partial charge in [0.2, 0.25) is 5.88 Å². The summed E-state index contributed by atoms with van der Waals surface area (Å²) in [6.07, 6.45) is -3.65. The number of pyridine rings is 1. The largest absolute Gasteiger partial charge is 0.493 e. The van der Waals surface area contributed by atoms with Gasteiger partial charge in [-0.15, -0.1) is 0 Å². The normalized spacial score (nSPS) is 16.5. The Morgan fingerprint density at radius 3 is 2.81 bits per heavy atom. The van der Waals surface area contributed by atoms with Crippen molar-refractivity contribution in [3.63, 3.8) is 0 Å². The first-order valence-electron chi connectivity index (χ1n) is 9.36. The number of aromatic nitrogens is 1. The molecule has 1 saturated heterocycles. The summed E-state index contributed by atoms with van der Waals surface area (Å²) in [4.78, 5) is 30.5. The third-order valence-corrected chi connectivity index (χ3v) is 4.96. The number of methoxy groups -OCH3 is 1. The number of para-hydroxylation sites is 1. The predicted octanol–water partition coefficient (Wildman–Crippen LogP) is 3.51. The van der Waals surface area contributed by atoms with Crippen molar-refractivity contribution < 1.29 is 31.9 Å². The van der Waals surface area contributed by atoms with Gasteiger partial charge in [-0.05, 0) is 18.2 Å². The maximum absolute atomic E-state index is 12.9. The SMILES string of the molecule is COc1cccc2cc(C(=O)N3CCC(Oc4cc(C(F)(F)F)ccn4)C3)c(=O)oc12. The zero-order chi connectivity index (χ0) is 22.2. The highest BCUT2D eigenvalue weighted by Crippen LogP contribution is 2.31. The lowest BCUT2D eigenvalue weighted by molar-refractivity contribution is -0.137. The molecule has 162 valence electrons. The number of ether oxygens (including phenoxy) is 2. The number of amides is 1. The van der Waals surface area contributed by atoms with Crippen LogP contribution in [0.2, 0.25) is 0 Å². The Hall–Kier alpha value is -3.56. The Morgan fingerprint density at radius 1 is 1.26 bits per heavy atom. The van der Waals surface area contributed by atoms with E-state index in [0.29, 0.717) is 17.6 Å². The number of carbonyl (C=O) groups is 1. The van der Waals surface area contributed by atoms with E-state index in [1.165, 1.54) is 18.1 Å². The van der Waals surface area contributed by atoms with Gasteiger partial charge in [-0.1, -0.05) is 12.1 Å². The highest BCUT2D eigenvalue weighted by Gasteiger charge is 2.33. The quantitative estimate of drug-likeness (QED) is 0.585. The summed E-state index contributed by atoms with van der Waals surface area (Å²) in [6, 6.07) is 8.14. The van der Waals surface area contributed by atoms with E-state index in [2.05, 4.69) is 4.98 Å². The number of hydrogen-bond acceptors (Lipinski definition) is 6. The van der Waals surface area contributed by atoms with Crippen molar-refractivity contribution in [2.45, 2.75) is 18.7 Å². The molecule has 4 rings (SSSR count). The van der Waals surface area contributed by atoms with E-state index >= 15 is 0 Å². The Bertz CT molecular complexity index is 1190. The van der Waals surface area contributed by atoms with Crippen LogP contribution in [-0.2, 0) is 6.18 Å². The van der Waals surface area contributed by atoms with Gasteiger partial charge in [-0.3, -0.25) is 4.79 Å². The molecule has 3 aromatic rings. The number of fused-ring (bicyclic) bond motifs is 1. The van der Waals surface area contributed by atoms with E-state index in [4.69, 9.17) is 13.9 Å². The molecule has 7 nitrogen and oxygen atoms in total. The molecule has 0 N–H and O–H groups in total. The lowest BCUT2D eigenvalue weighted by Gasteiger charge is -2.17. The van der Waals surface area contributed by atoms with Crippen LogP contribution in [0.1, 0.15) is 22.3 Å². The molecule has 31 heavy (non-hydrogen) atoms. The zero-order valence-electron chi connectivity index (χ0n) is 16.3. The molecule has 0 saturated carbocycles. The molecule has 1 unspecified atom stereocenters. The molecule has 0 spiro atoms. The first kappa shape index (κ1) is 20.7. The predicted molar refractivity (Wildman–Crippen MR) is 103 cm³/mol. The monoisotopic (exact) mass is 434 g/mol. The highest BCUT2D eigenvalue weighted by molar-refractivity contribution is 5.97. The molecular formula is C21H17F3N2O5. The van der Waals surface area contributed by atoms with Gasteiger partial charge in [0, 0.05) is 30.6 Å². The summed E-state index contributed by atoms with van der Waals surface area (Å²) in [6.45, 7) is 0.379. The van der Waals surface area contributed by atoms with Crippen LogP contribution in [-0.4, -0.2) is 42.1 Å². The van der Waals surface area contributed by atoms with E-state index in [1.807, 2.05) is 0 Å². The number of halogens is 3. The first-order valence-corrected chi connectivity index (χ1v) is 9.36. The van der Waals surface area contributed by atoms with Crippen LogP contribution < -0.4 is 15.1 Å². The van der Waals surface area contributed by atoms with Gasteiger partial charge in [0.1, 0.15) is 11.7 Å². The molecule has 1 aromatic carbocycles. The number of hydrogen-bond donors (Lipinski definition) is 0. The van der Waals surface area contributed by atoms with Crippen LogP contribution in [0.15, 0.2) is 51.8 Å². The van der Waals surface area contributed by atoms with Gasteiger partial charge in [-0.25, -0.2) is 9.78 Å². The fourth-order valence-corrected chi connectivity index (χ4v) is 3.43. The second-order valence-corrected chi connectivity index (χ2v) is 6.99. The Morgan fingerprint density at radius 2 is 2.06 bits per heavy atom. The third-order valence-electron chi connectivity index (χ3n) is 4.96. The van der Waals surface area contributed by atoms with Gasteiger partial charge in [0.15, 0.2) is 11.3 Å². The molecule has 0 bridgehead atoms. The molecule has 1 amide bonds. The number of likely N-dealkylation sites (tertiary alicyclic amines) is 1. The molecule has 10 heteroatoms. The summed E-state index contributed by atoms with van der Waals surface area (Å²) < 4.78 is 54.5. The van der Waals surface area contributed by atoms with E-state index < -0.39 is 29.4 Å². The lowest BCUT2D eigenvalue weighted by atomic mass is 10.1. The van der Waals surface area contributed by atoms with E-state index in [9.17, 15) is 22.8 Å². The van der Waals surface area contributed by atoms with Crippen molar-refractivity contribution in [3.8, 4) is 11.6 Å². The van der Waals surface area contributed by atoms with Crippen LogP contribution in [0.3, 0.4) is 0 Å². The minimum Gasteiger partial charge on any atom is -0.493 e. The van der Waals surface area contributed by atoms with E-state index in [0.717, 1.165) is 18.3 Å². The third kappa shape index (κ3) is 4.18. The van der Waals surface area contributed by atoms with Crippen LogP contribution in [0.5, 0.6) is 11.6 Å². The molecule has 1 fully saturated rings. The second kappa shape index (κ2) is 7.93. The summed E-state index contributed by atoms with van der Waals surface area (Å²) in [5, 5.41) is 0.530. The van der Waals surface area contributed by atoms with Crippen LogP contribution in [0, 0.1) is 0 Å². The minimum absolute atomic E-state index is 0.104. The number of nitrogens with zero attached hydrogens (tertiary/aromatic N) is 2. The van der Waals surface area contributed by atoms with Crippen molar-refractivity contribution in [2.75, 3.05) is 20.2 Å². The van der Waals surface area contributed by atoms with Crippen molar-refractivity contribution in [3.05, 3.63) is 64.1 Å². The van der Waals surface area contributed by atoms with Gasteiger partial charge in [0.05, 0.1) is 19.2 Å². The van der Waals surface area contributed by atoms with Gasteiger partial charge in [0.25, 0.3) is 5.91 Å². The Balaban J connectivity index is 1.50. The average molecular weight is 434 g/mol. The topological polar surface area (TPSA) is 81.9 Å². The van der Waals surface area contributed by atoms with Gasteiger partial charge in [-0.2, -0.15) is 13.2 Å². The summed E-state index contributed by atoms with van der Waals surface area (Å²) >= 11 is 0. The maximum atomic E-state index is 12.9. The fraction of sp³-hybridized carbons (Fsp3) is 0.286. The van der Waals surface area contributed by atoms with Crippen molar-refractivity contribution >= 4 is 16.9 Å². The molecule has 1 aliphatic rings. The molecule has 1 aliphatic heterocycles. The van der Waals surface area contributed by atoms with Crippen molar-refractivity contribution in [2.24, 2.45) is 0 Å². The molecule has 3 heterocycles. The van der Waals surface area contributed by atoms with Crippen molar-refractivity contribution in [1.29, 1.82) is 0 Å². The standard InChI is InChI=1S/C21H17F3N2O5/c1-29-16-4-2-3-12-9-15(20(28)31-18(12)16)19(27)26-8-6-14(11-26)30-17-10-13(5-7-25-17)21(22,23)24/h2-5,7,9-10,14H,6,8,11H2,1H3. The zero-order valence-corrected chi connectivity index (χ0v) is 16.3. The minimum atomic E-state index is -4.51. The number of alkyl halides is 3. The molecule has 0 aliphatic carbocycles. The van der Waals surface area contributed by atoms with Crippen LogP contribution in [0.25, 0.3) is 11.0 Å². The van der Waals surface area contributed by atoms with Gasteiger partial charge >= 0.3 is 11.8 Å². The van der Waals surface area contributed by atoms with Gasteiger partial charge < -0.3 is 18.8 Å². The van der Waals surface area contributed by atoms with Crippen LogP contribution in [0.4, 0.5) is 13.2 Å². The second-order valence-electron chi connectivity index (χ2n) is 6.99. The van der Waals surface area contributed by atoms with E-state index in [1.54, 1.807) is 18.2 Å². The summed E-state index contributed by atoms with van der Waals surface area (Å²) in [7, 11) is 1.44. The fourth-order valence-electron chi connectivity index (χ4n) is 3.43. The van der Waals surface area contributed by atoms with Crippen LogP contribution >= 0.6 is 0 Å². The Labute approximate surface area is 174 Å². The maximum Gasteiger partial charge on any atom is 0.416 e. The van der Waals surface area contributed by atoms with Crippen molar-refractivity contribution in [1.82, 2.24) is 9.88 Å². The highest BCUT2D eigenvalue weighted by atomic mass is 19.4. The lowest BCUT2D eigenvalue weighted by Crippen LogP contribution is -2.33. The summed E-state index contributed by atoms with van der Waals surface area (Å²) in [5.74, 6) is -0.343. The molecular weight excluding hydrogens is 417 g/mol. The number of benzene rings is 1. The molecule has 1 atom stereocenters. The Kier molecular flexibility index (Phi) is 5.30. The average Bonchev–Trinajstić information content (AvgIpc) is 3.20. The molecule has 0 radical (unpaired) electrons. The number of rotatable bonds is 4. The van der Waals surface area contributed by atoms with E-state index in [-0.39, 0.29) is 30.1 Å². The number of carbonyl (C=O) groups excluding carboxylic acids is 1. The molecule has 2 aromatic heterocycles. The smallest absolute Gasteiger partial charge is 0.416 e. The first-order chi connectivity index (χ1) is 14.8.